The second-order valence-electron chi connectivity index (χ2n) is 4.89. The molecular formula is C15H13N3O5. The Kier molecular flexibility index (Phi) is 3.65. The number of imide groups is 1. The van der Waals surface area contributed by atoms with Crippen molar-refractivity contribution in [3.05, 3.63) is 40.4 Å². The lowest BCUT2D eigenvalue weighted by atomic mass is 10.2. The first-order valence-electron chi connectivity index (χ1n) is 7.09. The van der Waals surface area contributed by atoms with Gasteiger partial charge in [0.1, 0.15) is 0 Å². The molecule has 1 aromatic heterocycles. The number of hydrogen-bond donors (Lipinski definition) is 0. The lowest BCUT2D eigenvalue weighted by Crippen LogP contribution is -2.48. The molecule has 0 spiro atoms. The predicted molar refractivity (Wildman–Crippen MR) is 79.4 cm³/mol. The third kappa shape index (κ3) is 2.37. The van der Waals surface area contributed by atoms with Crippen molar-refractivity contribution in [2.24, 2.45) is 0 Å². The Labute approximate surface area is 130 Å². The average molecular weight is 315 g/mol. The first-order chi connectivity index (χ1) is 11.0. The van der Waals surface area contributed by atoms with E-state index < -0.39 is 23.3 Å². The van der Waals surface area contributed by atoms with Gasteiger partial charge in [0.05, 0.1) is 17.5 Å². The van der Waals surface area contributed by atoms with Crippen LogP contribution in [-0.2, 0) is 14.3 Å². The third-order valence-electron chi connectivity index (χ3n) is 3.44. The van der Waals surface area contributed by atoms with Crippen molar-refractivity contribution < 1.29 is 19.1 Å². The van der Waals surface area contributed by atoms with Crippen molar-refractivity contribution in [3.8, 4) is 0 Å². The van der Waals surface area contributed by atoms with Crippen LogP contribution < -0.4 is 10.6 Å². The molecule has 0 aliphatic carbocycles. The molecule has 1 saturated heterocycles. The zero-order valence-electron chi connectivity index (χ0n) is 12.3. The predicted octanol–water partition coefficient (Wildman–Crippen LogP) is 0.358. The van der Waals surface area contributed by atoms with E-state index in [0.29, 0.717) is 5.01 Å². The minimum absolute atomic E-state index is 0.0135. The molecule has 0 unspecified atom stereocenters. The summed E-state index contributed by atoms with van der Waals surface area (Å²) in [6, 6.07) is 6.38. The number of hydrogen-bond acceptors (Lipinski definition) is 6. The quantitative estimate of drug-likeness (QED) is 0.599. The highest BCUT2D eigenvalue weighted by atomic mass is 16.5. The molecule has 1 fully saturated rings. The van der Waals surface area contributed by atoms with E-state index in [4.69, 9.17) is 4.74 Å². The fourth-order valence-electron chi connectivity index (χ4n) is 2.42. The normalized spacial score (nSPS) is 14.6. The lowest BCUT2D eigenvalue weighted by Gasteiger charge is -2.19. The Hall–Kier alpha value is -3.03. The summed E-state index contributed by atoms with van der Waals surface area (Å²) >= 11 is 0. The van der Waals surface area contributed by atoms with Crippen LogP contribution in [0.2, 0.25) is 0 Å². The number of benzene rings is 1. The van der Waals surface area contributed by atoms with E-state index in [1.807, 2.05) is 0 Å². The summed E-state index contributed by atoms with van der Waals surface area (Å²) in [6.07, 6.45) is -0.0271. The van der Waals surface area contributed by atoms with E-state index in [2.05, 4.69) is 4.98 Å². The van der Waals surface area contributed by atoms with Gasteiger partial charge >= 0.3 is 5.97 Å². The number of para-hydroxylation sites is 1. The van der Waals surface area contributed by atoms with Crippen LogP contribution in [0.1, 0.15) is 30.4 Å². The largest absolute Gasteiger partial charge is 0.460 e. The van der Waals surface area contributed by atoms with Crippen molar-refractivity contribution in [2.45, 2.75) is 19.8 Å². The SMILES string of the molecule is CCOC(=O)c1nc2ccccc2c(=O)n1N1C(=O)CCC1=O. The summed E-state index contributed by atoms with van der Waals surface area (Å²) < 4.78 is 5.61. The first kappa shape index (κ1) is 14.9. The smallest absolute Gasteiger partial charge is 0.376 e. The molecule has 0 bridgehead atoms. The number of aromatic nitrogens is 2. The van der Waals surface area contributed by atoms with E-state index in [9.17, 15) is 19.2 Å². The molecule has 23 heavy (non-hydrogen) atoms. The average Bonchev–Trinajstić information content (AvgIpc) is 2.87. The number of amides is 2. The molecule has 2 amide bonds. The zero-order valence-corrected chi connectivity index (χ0v) is 12.3. The van der Waals surface area contributed by atoms with Gasteiger partial charge in [-0.3, -0.25) is 14.4 Å². The highest BCUT2D eigenvalue weighted by Crippen LogP contribution is 2.14. The van der Waals surface area contributed by atoms with Gasteiger partial charge in [-0.05, 0) is 19.1 Å². The Bertz CT molecular complexity index is 870. The first-order valence-corrected chi connectivity index (χ1v) is 7.09. The maximum atomic E-state index is 12.7. The molecule has 3 rings (SSSR count). The fourth-order valence-corrected chi connectivity index (χ4v) is 2.42. The van der Waals surface area contributed by atoms with Gasteiger partial charge in [0.15, 0.2) is 0 Å². The van der Waals surface area contributed by atoms with E-state index in [1.165, 1.54) is 6.07 Å². The highest BCUT2D eigenvalue weighted by Gasteiger charge is 2.35. The van der Waals surface area contributed by atoms with Crippen LogP contribution in [0.25, 0.3) is 10.9 Å². The summed E-state index contributed by atoms with van der Waals surface area (Å²) in [7, 11) is 0. The minimum Gasteiger partial charge on any atom is -0.460 e. The van der Waals surface area contributed by atoms with E-state index >= 15 is 0 Å². The Morgan fingerprint density at radius 3 is 2.48 bits per heavy atom. The molecule has 1 aliphatic rings. The number of carbonyl (C=O) groups excluding carboxylic acids is 3. The van der Waals surface area contributed by atoms with Crippen molar-refractivity contribution in [1.29, 1.82) is 0 Å². The Balaban J connectivity index is 2.33. The van der Waals surface area contributed by atoms with Gasteiger partial charge in [-0.2, -0.15) is 9.69 Å². The second-order valence-corrected chi connectivity index (χ2v) is 4.89. The van der Waals surface area contributed by atoms with Crippen LogP contribution in [0, 0.1) is 0 Å². The maximum absolute atomic E-state index is 12.7. The summed E-state index contributed by atoms with van der Waals surface area (Å²) in [4.78, 5) is 52.9. The second kappa shape index (κ2) is 5.64. The van der Waals surface area contributed by atoms with E-state index in [-0.39, 0.29) is 36.2 Å². The van der Waals surface area contributed by atoms with Crippen LogP contribution in [0.3, 0.4) is 0 Å². The number of esters is 1. The van der Waals surface area contributed by atoms with Gasteiger partial charge in [-0.25, -0.2) is 9.78 Å². The minimum atomic E-state index is -0.872. The molecule has 0 atom stereocenters. The Morgan fingerprint density at radius 2 is 1.83 bits per heavy atom. The molecule has 0 N–H and O–H groups in total. The molecule has 1 aromatic carbocycles. The van der Waals surface area contributed by atoms with Gasteiger partial charge in [0.25, 0.3) is 5.56 Å². The standard InChI is InChI=1S/C15H13N3O5/c1-2-23-15(22)13-16-10-6-4-3-5-9(10)14(21)18(13)17-11(19)7-8-12(17)20/h3-6H,2,7-8H2,1H3. The number of rotatable bonds is 3. The third-order valence-corrected chi connectivity index (χ3v) is 3.44. The maximum Gasteiger partial charge on any atom is 0.376 e. The topological polar surface area (TPSA) is 98.6 Å². The lowest BCUT2D eigenvalue weighted by molar-refractivity contribution is -0.123. The van der Waals surface area contributed by atoms with Crippen molar-refractivity contribution in [2.75, 3.05) is 11.6 Å². The molecule has 0 saturated carbocycles. The van der Waals surface area contributed by atoms with Crippen LogP contribution in [0.15, 0.2) is 29.1 Å². The van der Waals surface area contributed by atoms with Gasteiger partial charge in [0.2, 0.25) is 17.6 Å². The summed E-state index contributed by atoms with van der Waals surface area (Å²) in [5.74, 6) is -2.37. The molecule has 2 aromatic rings. The number of carbonyl (C=O) groups is 3. The molecule has 118 valence electrons. The zero-order chi connectivity index (χ0) is 16.6. The molecule has 8 nitrogen and oxygen atoms in total. The van der Waals surface area contributed by atoms with Gasteiger partial charge < -0.3 is 4.74 Å². The number of ether oxygens (including phenoxy) is 1. The summed E-state index contributed by atoms with van der Waals surface area (Å²) in [5.41, 5.74) is -0.377. The highest BCUT2D eigenvalue weighted by molar-refractivity contribution is 6.14. The van der Waals surface area contributed by atoms with Crippen molar-refractivity contribution in [1.82, 2.24) is 9.66 Å². The van der Waals surface area contributed by atoms with Crippen molar-refractivity contribution in [3.63, 3.8) is 0 Å². The summed E-state index contributed by atoms with van der Waals surface area (Å²) in [5, 5.41) is 0.877. The van der Waals surface area contributed by atoms with Gasteiger partial charge in [-0.15, -0.1) is 0 Å². The van der Waals surface area contributed by atoms with Gasteiger partial charge in [-0.1, -0.05) is 12.1 Å². The fraction of sp³-hybridized carbons (Fsp3) is 0.267. The van der Waals surface area contributed by atoms with E-state index in [1.54, 1.807) is 25.1 Å². The number of nitrogens with zero attached hydrogens (tertiary/aromatic N) is 3. The monoisotopic (exact) mass is 315 g/mol. The molecular weight excluding hydrogens is 302 g/mol. The van der Waals surface area contributed by atoms with E-state index in [0.717, 1.165) is 4.68 Å². The molecule has 8 heteroatoms. The number of fused-ring (bicyclic) bond motifs is 1. The van der Waals surface area contributed by atoms with Crippen LogP contribution in [-0.4, -0.2) is 34.1 Å². The molecule has 1 aliphatic heterocycles. The van der Waals surface area contributed by atoms with Crippen LogP contribution >= 0.6 is 0 Å². The molecule has 2 heterocycles. The van der Waals surface area contributed by atoms with Crippen LogP contribution in [0.4, 0.5) is 0 Å². The van der Waals surface area contributed by atoms with Crippen LogP contribution in [0.5, 0.6) is 0 Å². The molecule has 0 radical (unpaired) electrons. The summed E-state index contributed by atoms with van der Waals surface area (Å²) in [6.45, 7) is 1.68. The van der Waals surface area contributed by atoms with Gasteiger partial charge in [0, 0.05) is 12.8 Å². The van der Waals surface area contributed by atoms with Crippen molar-refractivity contribution >= 4 is 28.7 Å². The Morgan fingerprint density at radius 1 is 1.17 bits per heavy atom.